The maximum Gasteiger partial charge on any atom is 0.158 e. The molecule has 0 amide bonds. The Morgan fingerprint density at radius 2 is 1.81 bits per heavy atom. The zero-order valence-corrected chi connectivity index (χ0v) is 21.2. The lowest BCUT2D eigenvalue weighted by Gasteiger charge is -2.22. The van der Waals surface area contributed by atoms with Gasteiger partial charge in [0.15, 0.2) is 5.65 Å². The van der Waals surface area contributed by atoms with E-state index in [0.717, 1.165) is 57.9 Å². The molecule has 2 aromatic carbocycles. The summed E-state index contributed by atoms with van der Waals surface area (Å²) in [5, 5.41) is 13.4. The molecule has 2 heterocycles. The van der Waals surface area contributed by atoms with Crippen molar-refractivity contribution < 1.29 is 0 Å². The van der Waals surface area contributed by atoms with E-state index in [1.807, 2.05) is 18.3 Å². The highest BCUT2D eigenvalue weighted by Crippen LogP contribution is 2.32. The van der Waals surface area contributed by atoms with Gasteiger partial charge in [-0.25, -0.2) is 9.97 Å². The summed E-state index contributed by atoms with van der Waals surface area (Å²) in [7, 11) is 0. The van der Waals surface area contributed by atoms with Gasteiger partial charge >= 0.3 is 0 Å². The van der Waals surface area contributed by atoms with E-state index in [4.69, 9.17) is 4.98 Å². The van der Waals surface area contributed by atoms with Gasteiger partial charge in [0.1, 0.15) is 11.3 Å². The Kier molecular flexibility index (Phi) is 7.61. The van der Waals surface area contributed by atoms with E-state index in [2.05, 4.69) is 64.7 Å². The van der Waals surface area contributed by atoms with E-state index in [1.54, 1.807) is 0 Å². The Morgan fingerprint density at radius 1 is 1.00 bits per heavy atom. The van der Waals surface area contributed by atoms with E-state index in [1.165, 1.54) is 56.9 Å². The van der Waals surface area contributed by atoms with Crippen molar-refractivity contribution >= 4 is 16.9 Å². The van der Waals surface area contributed by atoms with Crippen LogP contribution in [0.4, 0.5) is 5.69 Å². The predicted octanol–water partition coefficient (Wildman–Crippen LogP) is 7.89. The normalized spacial score (nSPS) is 14.1. The SMILES string of the molecule is CCCCCNc1ccc(-c2nc3c(-c4ccc(CC5CCCCC5)c(C#N)c4)ccnc3[nH]2)cc1. The van der Waals surface area contributed by atoms with Gasteiger partial charge in [0.05, 0.1) is 11.6 Å². The number of nitriles is 1. The highest BCUT2D eigenvalue weighted by molar-refractivity contribution is 5.91. The van der Waals surface area contributed by atoms with E-state index < -0.39 is 0 Å². The molecule has 5 nitrogen and oxygen atoms in total. The van der Waals surface area contributed by atoms with Crippen molar-refractivity contribution in [2.75, 3.05) is 11.9 Å². The molecule has 1 saturated carbocycles. The van der Waals surface area contributed by atoms with Crippen LogP contribution >= 0.6 is 0 Å². The molecule has 0 atom stereocenters. The van der Waals surface area contributed by atoms with Gasteiger partial charge in [0.25, 0.3) is 0 Å². The fourth-order valence-electron chi connectivity index (χ4n) is 5.36. The lowest BCUT2D eigenvalue weighted by atomic mass is 9.83. The molecule has 1 fully saturated rings. The minimum absolute atomic E-state index is 0.705. The van der Waals surface area contributed by atoms with E-state index in [-0.39, 0.29) is 0 Å². The molecule has 5 heteroatoms. The topological polar surface area (TPSA) is 77.4 Å². The Morgan fingerprint density at radius 3 is 2.58 bits per heavy atom. The number of imidazole rings is 1. The summed E-state index contributed by atoms with van der Waals surface area (Å²) in [5.74, 6) is 1.51. The number of fused-ring (bicyclic) bond motifs is 1. The number of aromatic amines is 1. The predicted molar refractivity (Wildman–Crippen MR) is 148 cm³/mol. The van der Waals surface area contributed by atoms with Gasteiger partial charge < -0.3 is 10.3 Å². The lowest BCUT2D eigenvalue weighted by Crippen LogP contribution is -2.10. The maximum atomic E-state index is 9.90. The minimum atomic E-state index is 0.705. The van der Waals surface area contributed by atoms with Gasteiger partial charge in [-0.1, -0.05) is 64.0 Å². The third-order valence-electron chi connectivity index (χ3n) is 7.43. The fourth-order valence-corrected chi connectivity index (χ4v) is 5.36. The Bertz CT molecular complexity index is 1340. The van der Waals surface area contributed by atoms with E-state index in [0.29, 0.717) is 5.92 Å². The minimum Gasteiger partial charge on any atom is -0.385 e. The monoisotopic (exact) mass is 477 g/mol. The Labute approximate surface area is 214 Å². The molecule has 0 saturated heterocycles. The Hall–Kier alpha value is -3.65. The molecule has 0 bridgehead atoms. The zero-order valence-electron chi connectivity index (χ0n) is 21.2. The number of rotatable bonds is 9. The molecule has 5 rings (SSSR count). The van der Waals surface area contributed by atoms with Crippen LogP contribution in [0.5, 0.6) is 0 Å². The van der Waals surface area contributed by atoms with Crippen molar-refractivity contribution in [3.8, 4) is 28.6 Å². The molecule has 2 aromatic heterocycles. The van der Waals surface area contributed by atoms with Crippen LogP contribution in [0.2, 0.25) is 0 Å². The second kappa shape index (κ2) is 11.4. The van der Waals surface area contributed by atoms with Gasteiger partial charge in [0.2, 0.25) is 0 Å². The first kappa shape index (κ1) is 24.1. The van der Waals surface area contributed by atoms with Crippen molar-refractivity contribution in [2.24, 2.45) is 5.92 Å². The summed E-state index contributed by atoms with van der Waals surface area (Å²) in [6, 6.07) is 19.2. The first-order valence-corrected chi connectivity index (χ1v) is 13.5. The van der Waals surface area contributed by atoms with Gasteiger partial charge in [0, 0.05) is 29.6 Å². The number of H-pyrrole nitrogens is 1. The molecule has 2 N–H and O–H groups in total. The Balaban J connectivity index is 1.38. The maximum absolute atomic E-state index is 9.90. The van der Waals surface area contributed by atoms with Crippen LogP contribution in [0.15, 0.2) is 54.7 Å². The summed E-state index contributed by atoms with van der Waals surface area (Å²) in [6.45, 7) is 3.22. The third kappa shape index (κ3) is 5.44. The molecule has 0 aliphatic heterocycles. The molecule has 0 radical (unpaired) electrons. The zero-order chi connectivity index (χ0) is 24.7. The van der Waals surface area contributed by atoms with Gasteiger partial charge in [-0.05, 0) is 66.3 Å². The molecule has 184 valence electrons. The van der Waals surface area contributed by atoms with Crippen LogP contribution in [0, 0.1) is 17.2 Å². The van der Waals surface area contributed by atoms with Crippen LogP contribution in [0.1, 0.15) is 69.4 Å². The average Bonchev–Trinajstić information content (AvgIpc) is 3.37. The average molecular weight is 478 g/mol. The number of nitrogens with one attached hydrogen (secondary N) is 2. The second-order valence-electron chi connectivity index (χ2n) is 10.0. The summed E-state index contributed by atoms with van der Waals surface area (Å²) in [6.07, 6.45) is 13.0. The van der Waals surface area contributed by atoms with Crippen LogP contribution in [0.25, 0.3) is 33.7 Å². The molecule has 36 heavy (non-hydrogen) atoms. The molecule has 0 unspecified atom stereocenters. The molecular weight excluding hydrogens is 442 g/mol. The smallest absolute Gasteiger partial charge is 0.158 e. The number of hydrogen-bond donors (Lipinski definition) is 2. The van der Waals surface area contributed by atoms with Crippen molar-refractivity contribution in [2.45, 2.75) is 64.7 Å². The van der Waals surface area contributed by atoms with Gasteiger partial charge in [-0.3, -0.25) is 0 Å². The summed E-state index contributed by atoms with van der Waals surface area (Å²) in [4.78, 5) is 12.8. The van der Waals surface area contributed by atoms with Crippen molar-refractivity contribution in [1.29, 1.82) is 5.26 Å². The van der Waals surface area contributed by atoms with Crippen molar-refractivity contribution in [1.82, 2.24) is 15.0 Å². The molecule has 0 spiro atoms. The van der Waals surface area contributed by atoms with E-state index in [9.17, 15) is 5.26 Å². The number of aromatic nitrogens is 3. The van der Waals surface area contributed by atoms with Crippen LogP contribution < -0.4 is 5.32 Å². The summed E-state index contributed by atoms with van der Waals surface area (Å²) < 4.78 is 0. The fraction of sp³-hybridized carbons (Fsp3) is 0.387. The van der Waals surface area contributed by atoms with Crippen LogP contribution in [-0.4, -0.2) is 21.5 Å². The van der Waals surface area contributed by atoms with Gasteiger partial charge in [-0.2, -0.15) is 5.26 Å². The highest BCUT2D eigenvalue weighted by Gasteiger charge is 2.17. The van der Waals surface area contributed by atoms with Crippen molar-refractivity contribution in [3.05, 3.63) is 65.9 Å². The number of unbranched alkanes of at least 4 members (excludes halogenated alkanes) is 2. The highest BCUT2D eigenvalue weighted by atomic mass is 15.0. The number of nitrogens with zero attached hydrogens (tertiary/aromatic N) is 3. The molecule has 1 aliphatic rings. The number of anilines is 1. The number of hydrogen-bond acceptors (Lipinski definition) is 4. The number of pyridine rings is 1. The first-order valence-electron chi connectivity index (χ1n) is 13.5. The quantitative estimate of drug-likeness (QED) is 0.240. The van der Waals surface area contributed by atoms with Crippen molar-refractivity contribution in [3.63, 3.8) is 0 Å². The first-order chi connectivity index (χ1) is 17.7. The number of benzene rings is 2. The summed E-state index contributed by atoms with van der Waals surface area (Å²) in [5.41, 5.74) is 7.70. The molecule has 1 aliphatic carbocycles. The van der Waals surface area contributed by atoms with Crippen LogP contribution in [-0.2, 0) is 6.42 Å². The summed E-state index contributed by atoms with van der Waals surface area (Å²) >= 11 is 0. The second-order valence-corrected chi connectivity index (χ2v) is 10.0. The largest absolute Gasteiger partial charge is 0.385 e. The van der Waals surface area contributed by atoms with Gasteiger partial charge in [-0.15, -0.1) is 0 Å². The molecular formula is C31H35N5. The molecule has 4 aromatic rings. The lowest BCUT2D eigenvalue weighted by molar-refractivity contribution is 0.356. The van der Waals surface area contributed by atoms with E-state index >= 15 is 0 Å². The third-order valence-corrected chi connectivity index (χ3v) is 7.43. The van der Waals surface area contributed by atoms with Crippen LogP contribution in [0.3, 0.4) is 0 Å². The standard InChI is InChI=1S/C31H35N5/c1-2-3-7-17-33-27-14-12-23(13-15-27)30-35-29-28(16-18-34-31(29)36-30)25-11-10-24(26(20-25)21-32)19-22-8-5-4-6-9-22/h10-16,18,20,22,33H,2-9,17,19H2,1H3,(H,34,35,36).